The summed E-state index contributed by atoms with van der Waals surface area (Å²) in [5.41, 5.74) is 0.817. The molecule has 2 aromatic carbocycles. The number of para-hydroxylation sites is 2. The minimum Gasteiger partial charge on any atom is -0.476 e. The largest absolute Gasteiger partial charge is 0.476 e. The molecule has 102 valence electrons. The van der Waals surface area contributed by atoms with Gasteiger partial charge in [-0.25, -0.2) is 0 Å². The third kappa shape index (κ3) is 2.14. The van der Waals surface area contributed by atoms with Crippen LogP contribution in [0.2, 0.25) is 0 Å². The number of nitrogens with zero attached hydrogens (tertiary/aromatic N) is 1. The average Bonchev–Trinajstić information content (AvgIpc) is 2.51. The van der Waals surface area contributed by atoms with Crippen molar-refractivity contribution in [1.82, 2.24) is 0 Å². The highest BCUT2D eigenvalue weighted by molar-refractivity contribution is 6.04. The van der Waals surface area contributed by atoms with Crippen molar-refractivity contribution in [2.75, 3.05) is 12.0 Å². The molecule has 1 heterocycles. The maximum absolute atomic E-state index is 12.3. The van der Waals surface area contributed by atoms with E-state index in [1.54, 1.807) is 12.0 Å². The molecule has 0 saturated carbocycles. The van der Waals surface area contributed by atoms with E-state index in [0.717, 1.165) is 5.69 Å². The van der Waals surface area contributed by atoms with Crippen LogP contribution in [0.3, 0.4) is 0 Å². The number of methoxy groups -OCH3 is 1. The summed E-state index contributed by atoms with van der Waals surface area (Å²) in [7, 11) is 1.58. The molecule has 1 fully saturated rings. The third-order valence-corrected chi connectivity index (χ3v) is 3.28. The first-order chi connectivity index (χ1) is 9.81. The van der Waals surface area contributed by atoms with Gasteiger partial charge in [0.25, 0.3) is 5.91 Å². The molecule has 0 aliphatic carbocycles. The minimum absolute atomic E-state index is 0.0908. The van der Waals surface area contributed by atoms with Gasteiger partial charge >= 0.3 is 0 Å². The molecule has 0 radical (unpaired) electrons. The fourth-order valence-corrected chi connectivity index (χ4v) is 2.28. The molecule has 0 spiro atoms. The molecule has 1 aliphatic heterocycles. The van der Waals surface area contributed by atoms with Crippen LogP contribution in [0.25, 0.3) is 0 Å². The summed E-state index contributed by atoms with van der Waals surface area (Å²) in [5.74, 6) is 0.576. The summed E-state index contributed by atoms with van der Waals surface area (Å²) in [6.07, 6.45) is -0.993. The average molecular weight is 269 g/mol. The van der Waals surface area contributed by atoms with Gasteiger partial charge in [-0.05, 0) is 24.3 Å². The van der Waals surface area contributed by atoms with Crippen molar-refractivity contribution in [3.05, 3.63) is 60.7 Å². The lowest BCUT2D eigenvalue weighted by Gasteiger charge is -2.45. The molecule has 0 N–H and O–H groups in total. The number of ether oxygens (including phenoxy) is 2. The second-order valence-electron chi connectivity index (χ2n) is 4.52. The molecule has 20 heavy (non-hydrogen) atoms. The van der Waals surface area contributed by atoms with Crippen LogP contribution in [0.5, 0.6) is 5.75 Å². The molecule has 0 aromatic heterocycles. The van der Waals surface area contributed by atoms with E-state index in [4.69, 9.17) is 9.47 Å². The number of carbonyl (C=O) groups is 1. The van der Waals surface area contributed by atoms with Crippen molar-refractivity contribution >= 4 is 11.6 Å². The van der Waals surface area contributed by atoms with E-state index in [2.05, 4.69) is 0 Å². The second kappa shape index (κ2) is 5.35. The smallest absolute Gasteiger partial charge is 0.275 e. The predicted octanol–water partition coefficient (Wildman–Crippen LogP) is 2.45. The van der Waals surface area contributed by atoms with Crippen LogP contribution in [-0.2, 0) is 9.53 Å². The molecule has 1 aliphatic rings. The highest BCUT2D eigenvalue weighted by atomic mass is 16.6. The summed E-state index contributed by atoms with van der Waals surface area (Å²) in [6.45, 7) is 0. The molecule has 0 unspecified atom stereocenters. The fourth-order valence-electron chi connectivity index (χ4n) is 2.28. The number of rotatable bonds is 4. The first kappa shape index (κ1) is 12.7. The van der Waals surface area contributed by atoms with Gasteiger partial charge in [-0.3, -0.25) is 9.69 Å². The van der Waals surface area contributed by atoms with E-state index in [1.807, 2.05) is 60.7 Å². The predicted molar refractivity (Wildman–Crippen MR) is 75.6 cm³/mol. The molecule has 4 heteroatoms. The Labute approximate surface area is 117 Å². The Morgan fingerprint density at radius 3 is 2.15 bits per heavy atom. The number of anilines is 1. The number of carbonyl (C=O) groups excluding carboxylic acids is 1. The Bertz CT molecular complexity index is 585. The van der Waals surface area contributed by atoms with Crippen LogP contribution in [0, 0.1) is 0 Å². The summed E-state index contributed by atoms with van der Waals surface area (Å²) < 4.78 is 11.1. The van der Waals surface area contributed by atoms with Crippen LogP contribution >= 0.6 is 0 Å². The third-order valence-electron chi connectivity index (χ3n) is 3.28. The monoisotopic (exact) mass is 269 g/mol. The lowest BCUT2D eigenvalue weighted by atomic mass is 10.1. The second-order valence-corrected chi connectivity index (χ2v) is 4.52. The highest BCUT2D eigenvalue weighted by Gasteiger charge is 2.50. The zero-order valence-electron chi connectivity index (χ0n) is 11.1. The van der Waals surface area contributed by atoms with Crippen molar-refractivity contribution < 1.29 is 14.3 Å². The molecule has 3 rings (SSSR count). The lowest BCUT2D eigenvalue weighted by molar-refractivity contribution is -0.148. The molecule has 4 nitrogen and oxygen atoms in total. The SMILES string of the molecule is CO[C@H]1[C@@H](Oc2ccccc2)C(=O)N1c1ccccc1. The van der Waals surface area contributed by atoms with Gasteiger partial charge in [-0.2, -0.15) is 0 Å². The van der Waals surface area contributed by atoms with Crippen molar-refractivity contribution in [1.29, 1.82) is 0 Å². The van der Waals surface area contributed by atoms with Gasteiger partial charge in [0, 0.05) is 12.8 Å². The molecule has 1 saturated heterocycles. The Kier molecular flexibility index (Phi) is 3.39. The van der Waals surface area contributed by atoms with Crippen molar-refractivity contribution in [2.45, 2.75) is 12.3 Å². The van der Waals surface area contributed by atoms with Crippen molar-refractivity contribution in [3.8, 4) is 5.75 Å². The van der Waals surface area contributed by atoms with Gasteiger partial charge in [0.15, 0.2) is 6.23 Å². The number of amides is 1. The lowest BCUT2D eigenvalue weighted by Crippen LogP contribution is -2.68. The summed E-state index contributed by atoms with van der Waals surface area (Å²) in [5, 5.41) is 0. The van der Waals surface area contributed by atoms with E-state index in [0.29, 0.717) is 5.75 Å². The Morgan fingerprint density at radius 1 is 0.950 bits per heavy atom. The zero-order chi connectivity index (χ0) is 13.9. The normalized spacial score (nSPS) is 21.4. The maximum Gasteiger partial charge on any atom is 0.275 e. The Balaban J connectivity index is 1.77. The van der Waals surface area contributed by atoms with Gasteiger partial charge in [0.2, 0.25) is 6.10 Å². The van der Waals surface area contributed by atoms with Crippen LogP contribution < -0.4 is 9.64 Å². The van der Waals surface area contributed by atoms with E-state index in [1.165, 1.54) is 0 Å². The van der Waals surface area contributed by atoms with E-state index >= 15 is 0 Å². The quantitative estimate of drug-likeness (QED) is 0.800. The van der Waals surface area contributed by atoms with Gasteiger partial charge < -0.3 is 9.47 Å². The first-order valence-electron chi connectivity index (χ1n) is 6.44. The zero-order valence-corrected chi connectivity index (χ0v) is 11.1. The molecule has 2 aromatic rings. The van der Waals surface area contributed by atoms with Crippen LogP contribution in [-0.4, -0.2) is 25.3 Å². The van der Waals surface area contributed by atoms with E-state index in [9.17, 15) is 4.79 Å². The maximum atomic E-state index is 12.3. The van der Waals surface area contributed by atoms with Gasteiger partial charge in [0.05, 0.1) is 0 Å². The number of hydrogen-bond acceptors (Lipinski definition) is 3. The van der Waals surface area contributed by atoms with E-state index in [-0.39, 0.29) is 5.91 Å². The first-order valence-corrected chi connectivity index (χ1v) is 6.44. The van der Waals surface area contributed by atoms with Crippen LogP contribution in [0.15, 0.2) is 60.7 Å². The minimum atomic E-state index is -0.595. The Hall–Kier alpha value is -2.33. The van der Waals surface area contributed by atoms with Gasteiger partial charge in [-0.1, -0.05) is 36.4 Å². The number of hydrogen-bond donors (Lipinski definition) is 0. The fraction of sp³-hybridized carbons (Fsp3) is 0.188. The summed E-state index contributed by atoms with van der Waals surface area (Å²) in [4.78, 5) is 13.9. The standard InChI is InChI=1S/C16H15NO3/c1-19-16-14(20-13-10-6-3-7-11-13)15(18)17(16)12-8-4-2-5-9-12/h2-11,14,16H,1H3/t14-,16-/m0/s1. The molecule has 0 bridgehead atoms. The molecular formula is C16H15NO3. The Morgan fingerprint density at radius 2 is 1.55 bits per heavy atom. The van der Waals surface area contributed by atoms with E-state index < -0.39 is 12.3 Å². The number of β-lactam (4-membered cyclic amide) rings is 1. The van der Waals surface area contributed by atoms with Gasteiger partial charge in [0.1, 0.15) is 5.75 Å². The summed E-state index contributed by atoms with van der Waals surface area (Å²) >= 11 is 0. The van der Waals surface area contributed by atoms with Gasteiger partial charge in [-0.15, -0.1) is 0 Å². The number of benzene rings is 2. The van der Waals surface area contributed by atoms with Crippen LogP contribution in [0.4, 0.5) is 5.69 Å². The highest BCUT2D eigenvalue weighted by Crippen LogP contribution is 2.31. The summed E-state index contributed by atoms with van der Waals surface area (Å²) in [6, 6.07) is 18.7. The molecular weight excluding hydrogens is 254 g/mol. The topological polar surface area (TPSA) is 38.8 Å². The van der Waals surface area contributed by atoms with Crippen molar-refractivity contribution in [2.24, 2.45) is 0 Å². The molecule has 2 atom stereocenters. The molecule has 1 amide bonds. The van der Waals surface area contributed by atoms with Crippen LogP contribution in [0.1, 0.15) is 0 Å². The van der Waals surface area contributed by atoms with Crippen molar-refractivity contribution in [3.63, 3.8) is 0 Å².